The summed E-state index contributed by atoms with van der Waals surface area (Å²) >= 11 is 0. The van der Waals surface area contributed by atoms with Crippen molar-refractivity contribution < 1.29 is 4.79 Å². The predicted molar refractivity (Wildman–Crippen MR) is 54.7 cm³/mol. The smallest absolute Gasteiger partial charge is 0.332 e. The number of carbonyl (C=O) groups excluding carboxylic acids is 1. The number of amides is 2. The quantitative estimate of drug-likeness (QED) is 0.387. The van der Waals surface area contributed by atoms with E-state index in [1.165, 1.54) is 6.42 Å². The highest BCUT2D eigenvalue weighted by molar-refractivity contribution is 5.86. The summed E-state index contributed by atoms with van der Waals surface area (Å²) in [5, 5.41) is 3.98. The Bertz CT molecular complexity index is 308. The molecule has 0 aromatic carbocycles. The second-order valence-electron chi connectivity index (χ2n) is 4.12. The van der Waals surface area contributed by atoms with Crippen molar-refractivity contribution in [2.45, 2.75) is 19.8 Å². The maximum absolute atomic E-state index is 10.5. The molecule has 2 bridgehead atoms. The number of nitrogens with one attached hydrogen (secondary N) is 1. The van der Waals surface area contributed by atoms with Gasteiger partial charge in [0, 0.05) is 11.6 Å². The van der Waals surface area contributed by atoms with E-state index >= 15 is 0 Å². The highest BCUT2D eigenvalue weighted by Gasteiger charge is 2.37. The molecule has 4 heteroatoms. The van der Waals surface area contributed by atoms with Crippen LogP contribution < -0.4 is 11.2 Å². The Morgan fingerprint density at radius 1 is 1.50 bits per heavy atom. The molecule has 1 fully saturated rings. The van der Waals surface area contributed by atoms with Crippen molar-refractivity contribution in [3.63, 3.8) is 0 Å². The van der Waals surface area contributed by atoms with Crippen LogP contribution in [-0.4, -0.2) is 11.7 Å². The summed E-state index contributed by atoms with van der Waals surface area (Å²) in [6, 6.07) is -0.594. The van der Waals surface area contributed by atoms with Gasteiger partial charge < -0.3 is 5.73 Å². The van der Waals surface area contributed by atoms with Crippen LogP contribution in [0.15, 0.2) is 17.3 Å². The Labute approximate surface area is 83.2 Å². The van der Waals surface area contributed by atoms with Crippen LogP contribution in [0.3, 0.4) is 0 Å². The number of nitrogens with two attached hydrogens (primary N) is 1. The molecule has 0 aliphatic heterocycles. The minimum Gasteiger partial charge on any atom is -0.350 e. The van der Waals surface area contributed by atoms with Gasteiger partial charge in [-0.2, -0.15) is 5.10 Å². The van der Waals surface area contributed by atoms with Crippen molar-refractivity contribution in [1.29, 1.82) is 0 Å². The second-order valence-corrected chi connectivity index (χ2v) is 4.12. The normalized spacial score (nSPS) is 34.9. The third-order valence-corrected chi connectivity index (χ3v) is 3.16. The van der Waals surface area contributed by atoms with Crippen LogP contribution in [-0.2, 0) is 0 Å². The van der Waals surface area contributed by atoms with E-state index in [0.717, 1.165) is 18.1 Å². The molecular formula is C10H15N3O. The fourth-order valence-corrected chi connectivity index (χ4v) is 2.49. The Balaban J connectivity index is 1.99. The molecule has 1 saturated carbocycles. The molecule has 3 N–H and O–H groups in total. The van der Waals surface area contributed by atoms with Crippen LogP contribution in [0.5, 0.6) is 0 Å². The first-order chi connectivity index (χ1) is 6.66. The van der Waals surface area contributed by atoms with Crippen molar-refractivity contribution in [3.8, 4) is 0 Å². The van der Waals surface area contributed by atoms with E-state index in [9.17, 15) is 4.79 Å². The van der Waals surface area contributed by atoms with Crippen LogP contribution in [0.25, 0.3) is 0 Å². The van der Waals surface area contributed by atoms with Crippen molar-refractivity contribution >= 4 is 11.7 Å². The van der Waals surface area contributed by atoms with Gasteiger partial charge in [0.1, 0.15) is 0 Å². The molecule has 76 valence electrons. The highest BCUT2D eigenvalue weighted by Crippen LogP contribution is 2.43. The first-order valence-electron chi connectivity index (χ1n) is 4.95. The third kappa shape index (κ3) is 1.64. The van der Waals surface area contributed by atoms with Gasteiger partial charge in [-0.3, -0.25) is 0 Å². The molecule has 0 spiro atoms. The Kier molecular flexibility index (Phi) is 2.27. The fraction of sp³-hybridized carbons (Fsp3) is 0.600. The van der Waals surface area contributed by atoms with Gasteiger partial charge in [-0.1, -0.05) is 12.2 Å². The number of rotatable bonds is 2. The van der Waals surface area contributed by atoms with E-state index in [4.69, 9.17) is 5.73 Å². The van der Waals surface area contributed by atoms with Crippen molar-refractivity contribution in [1.82, 2.24) is 5.43 Å². The lowest BCUT2D eigenvalue weighted by Crippen LogP contribution is -2.27. The molecule has 3 unspecified atom stereocenters. The molecule has 2 aliphatic carbocycles. The van der Waals surface area contributed by atoms with E-state index < -0.39 is 6.03 Å². The van der Waals surface area contributed by atoms with Crippen molar-refractivity contribution in [2.75, 3.05) is 0 Å². The Hall–Kier alpha value is -1.32. The summed E-state index contributed by atoms with van der Waals surface area (Å²) in [6.07, 6.45) is 6.96. The zero-order valence-corrected chi connectivity index (χ0v) is 8.23. The van der Waals surface area contributed by atoms with Gasteiger partial charge in [-0.25, -0.2) is 10.2 Å². The van der Waals surface area contributed by atoms with E-state index in [2.05, 4.69) is 22.7 Å². The van der Waals surface area contributed by atoms with Crippen LogP contribution in [0, 0.1) is 17.8 Å². The first-order valence-corrected chi connectivity index (χ1v) is 4.95. The number of primary amides is 1. The minimum atomic E-state index is -0.594. The van der Waals surface area contributed by atoms with Gasteiger partial charge in [0.05, 0.1) is 0 Å². The minimum absolute atomic E-state index is 0.497. The summed E-state index contributed by atoms with van der Waals surface area (Å²) in [4.78, 5) is 10.5. The van der Waals surface area contributed by atoms with Gasteiger partial charge >= 0.3 is 6.03 Å². The number of carbonyl (C=O) groups is 1. The maximum atomic E-state index is 10.5. The number of nitrogens with zero attached hydrogens (tertiary/aromatic N) is 1. The van der Waals surface area contributed by atoms with Crippen LogP contribution >= 0.6 is 0 Å². The molecule has 3 atom stereocenters. The largest absolute Gasteiger partial charge is 0.350 e. The van der Waals surface area contributed by atoms with Crippen LogP contribution in [0.2, 0.25) is 0 Å². The SMILES string of the molecule is CC(=NNC(N)=O)C1CC2C=CC1C2. The average Bonchev–Trinajstić information content (AvgIpc) is 2.74. The van der Waals surface area contributed by atoms with Crippen molar-refractivity contribution in [3.05, 3.63) is 12.2 Å². The summed E-state index contributed by atoms with van der Waals surface area (Å²) in [6.45, 7) is 1.95. The predicted octanol–water partition coefficient (Wildman–Crippen LogP) is 1.24. The standard InChI is InChI=1S/C10H15N3O/c1-6(12-13-10(11)14)9-5-7-2-3-8(9)4-7/h2-3,7-9H,4-5H2,1H3,(H3,11,13,14). The monoisotopic (exact) mass is 193 g/mol. The molecule has 2 amide bonds. The average molecular weight is 193 g/mol. The van der Waals surface area contributed by atoms with E-state index in [0.29, 0.717) is 11.8 Å². The summed E-state index contributed by atoms with van der Waals surface area (Å²) in [7, 11) is 0. The zero-order valence-electron chi connectivity index (χ0n) is 8.23. The lowest BCUT2D eigenvalue weighted by Gasteiger charge is -2.17. The van der Waals surface area contributed by atoms with Crippen molar-refractivity contribution in [2.24, 2.45) is 28.6 Å². The van der Waals surface area contributed by atoms with Gasteiger partial charge in [-0.15, -0.1) is 0 Å². The van der Waals surface area contributed by atoms with E-state index in [1.807, 2.05) is 6.92 Å². The topological polar surface area (TPSA) is 67.5 Å². The summed E-state index contributed by atoms with van der Waals surface area (Å²) < 4.78 is 0. The first kappa shape index (κ1) is 9.24. The number of allylic oxidation sites excluding steroid dienone is 2. The van der Waals surface area contributed by atoms with Gasteiger partial charge in [0.2, 0.25) is 0 Å². The fourth-order valence-electron chi connectivity index (χ4n) is 2.49. The lowest BCUT2D eigenvalue weighted by atomic mass is 9.90. The van der Waals surface area contributed by atoms with Gasteiger partial charge in [0.25, 0.3) is 0 Å². The number of hydrazone groups is 1. The molecule has 0 saturated heterocycles. The third-order valence-electron chi connectivity index (χ3n) is 3.16. The molecule has 4 nitrogen and oxygen atoms in total. The van der Waals surface area contributed by atoms with Gasteiger partial charge in [0.15, 0.2) is 0 Å². The van der Waals surface area contributed by atoms with Crippen LogP contribution in [0.4, 0.5) is 4.79 Å². The molecule has 0 radical (unpaired) electrons. The lowest BCUT2D eigenvalue weighted by molar-refractivity contribution is 0.249. The Morgan fingerprint density at radius 2 is 2.29 bits per heavy atom. The van der Waals surface area contributed by atoms with E-state index in [1.54, 1.807) is 0 Å². The zero-order chi connectivity index (χ0) is 10.1. The molecule has 0 heterocycles. The summed E-state index contributed by atoms with van der Waals surface area (Å²) in [5.41, 5.74) is 8.22. The second kappa shape index (κ2) is 3.44. The molecule has 2 rings (SSSR count). The number of hydrogen-bond acceptors (Lipinski definition) is 2. The van der Waals surface area contributed by atoms with Gasteiger partial charge in [-0.05, 0) is 31.6 Å². The molecular weight excluding hydrogens is 178 g/mol. The molecule has 0 aromatic heterocycles. The maximum Gasteiger partial charge on any atom is 0.332 e. The number of fused-ring (bicyclic) bond motifs is 2. The molecule has 0 aromatic rings. The molecule has 14 heavy (non-hydrogen) atoms. The molecule has 2 aliphatic rings. The highest BCUT2D eigenvalue weighted by atomic mass is 16.2. The summed E-state index contributed by atoms with van der Waals surface area (Å²) in [5.74, 6) is 1.85. The van der Waals surface area contributed by atoms with Crippen LogP contribution in [0.1, 0.15) is 19.8 Å². The number of hydrogen-bond donors (Lipinski definition) is 2. The van der Waals surface area contributed by atoms with E-state index in [-0.39, 0.29) is 0 Å². The Morgan fingerprint density at radius 3 is 2.79 bits per heavy atom. The number of urea groups is 1.